The Bertz CT molecular complexity index is 804. The summed E-state index contributed by atoms with van der Waals surface area (Å²) in [7, 11) is 0. The van der Waals surface area contributed by atoms with E-state index in [1.54, 1.807) is 0 Å². The van der Waals surface area contributed by atoms with Crippen molar-refractivity contribution in [2.24, 2.45) is 0 Å². The highest BCUT2D eigenvalue weighted by Crippen LogP contribution is 2.45. The van der Waals surface area contributed by atoms with Gasteiger partial charge in [-0.2, -0.15) is 8.78 Å². The van der Waals surface area contributed by atoms with E-state index in [1.165, 1.54) is 12.1 Å². The van der Waals surface area contributed by atoms with E-state index in [4.69, 9.17) is 4.74 Å². The second-order valence-corrected chi connectivity index (χ2v) is 7.43. The molecule has 2 fully saturated rings. The van der Waals surface area contributed by atoms with Crippen LogP contribution >= 0.6 is 0 Å². The van der Waals surface area contributed by atoms with Crippen LogP contribution in [0, 0.1) is 5.82 Å². The van der Waals surface area contributed by atoms with Crippen LogP contribution in [-0.4, -0.2) is 41.9 Å². The van der Waals surface area contributed by atoms with Gasteiger partial charge in [-0.3, -0.25) is 4.90 Å². The molecule has 2 saturated heterocycles. The molecule has 0 spiro atoms. The highest BCUT2D eigenvalue weighted by Gasteiger charge is 2.49. The molecule has 2 unspecified atom stereocenters. The fraction of sp³-hybridized carbons (Fsp3) is 0.429. The standard InChI is InChI=1S/C21H22F3NO3/c22-17-7-4-8-18(28-20(23)24)19(17)21(26)9-15-12-27-13-16(10-21)25(15)11-14-5-2-1-3-6-14/h1-8,15-16,20,26H,9-13H2. The topological polar surface area (TPSA) is 41.9 Å². The molecule has 2 bridgehead atoms. The molecule has 28 heavy (non-hydrogen) atoms. The predicted molar refractivity (Wildman–Crippen MR) is 96.5 cm³/mol. The zero-order valence-electron chi connectivity index (χ0n) is 15.2. The van der Waals surface area contributed by atoms with E-state index in [9.17, 15) is 18.3 Å². The van der Waals surface area contributed by atoms with Gasteiger partial charge in [0.1, 0.15) is 11.6 Å². The van der Waals surface area contributed by atoms with Gasteiger partial charge in [-0.15, -0.1) is 0 Å². The van der Waals surface area contributed by atoms with Gasteiger partial charge in [0, 0.05) is 18.6 Å². The van der Waals surface area contributed by atoms with E-state index in [0.29, 0.717) is 19.8 Å². The number of hydrogen-bond donors (Lipinski definition) is 1. The van der Waals surface area contributed by atoms with Gasteiger partial charge in [0.05, 0.1) is 24.4 Å². The number of piperidine rings is 1. The minimum absolute atomic E-state index is 0.156. The quantitative estimate of drug-likeness (QED) is 0.842. The van der Waals surface area contributed by atoms with Crippen molar-refractivity contribution in [2.75, 3.05) is 13.2 Å². The molecule has 0 radical (unpaired) electrons. The molecule has 4 rings (SSSR count). The van der Waals surface area contributed by atoms with E-state index < -0.39 is 18.0 Å². The molecule has 150 valence electrons. The van der Waals surface area contributed by atoms with Crippen LogP contribution in [0.2, 0.25) is 0 Å². The average molecular weight is 393 g/mol. The van der Waals surface area contributed by atoms with Crippen LogP contribution < -0.4 is 4.74 Å². The van der Waals surface area contributed by atoms with Crippen LogP contribution in [0.4, 0.5) is 13.2 Å². The Hall–Kier alpha value is -2.09. The summed E-state index contributed by atoms with van der Waals surface area (Å²) in [6, 6.07) is 13.4. The molecule has 2 atom stereocenters. The Morgan fingerprint density at radius 3 is 2.39 bits per heavy atom. The normalized spacial score (nSPS) is 27.8. The lowest BCUT2D eigenvalue weighted by Crippen LogP contribution is -2.60. The van der Waals surface area contributed by atoms with Gasteiger partial charge in [0.15, 0.2) is 0 Å². The Kier molecular flexibility index (Phi) is 5.31. The second-order valence-electron chi connectivity index (χ2n) is 7.43. The van der Waals surface area contributed by atoms with E-state index in [-0.39, 0.29) is 36.2 Å². The molecule has 0 aromatic heterocycles. The number of rotatable bonds is 5. The van der Waals surface area contributed by atoms with Gasteiger partial charge in [-0.05, 0) is 30.5 Å². The monoisotopic (exact) mass is 393 g/mol. The molecule has 0 amide bonds. The third kappa shape index (κ3) is 3.74. The number of ether oxygens (including phenoxy) is 2. The maximum absolute atomic E-state index is 14.6. The first-order valence-electron chi connectivity index (χ1n) is 9.30. The molecular formula is C21H22F3NO3. The number of halogens is 3. The summed E-state index contributed by atoms with van der Waals surface area (Å²) in [4.78, 5) is 2.25. The summed E-state index contributed by atoms with van der Waals surface area (Å²) >= 11 is 0. The summed E-state index contributed by atoms with van der Waals surface area (Å²) in [6.45, 7) is -1.62. The van der Waals surface area contributed by atoms with Crippen molar-refractivity contribution < 1.29 is 27.8 Å². The molecule has 2 heterocycles. The molecule has 2 aromatic rings. The maximum atomic E-state index is 14.6. The van der Waals surface area contributed by atoms with Gasteiger partial charge in [0.25, 0.3) is 0 Å². The minimum Gasteiger partial charge on any atom is -0.434 e. The first-order valence-corrected chi connectivity index (χ1v) is 9.30. The molecule has 2 aromatic carbocycles. The average Bonchev–Trinajstić information content (AvgIpc) is 2.63. The first-order chi connectivity index (χ1) is 13.5. The van der Waals surface area contributed by atoms with Gasteiger partial charge in [-0.25, -0.2) is 4.39 Å². The summed E-state index contributed by atoms with van der Waals surface area (Å²) in [6.07, 6.45) is 0.355. The number of morpholine rings is 1. The van der Waals surface area contributed by atoms with Crippen molar-refractivity contribution in [3.05, 3.63) is 65.5 Å². The molecule has 2 aliphatic rings. The minimum atomic E-state index is -3.09. The van der Waals surface area contributed by atoms with E-state index in [2.05, 4.69) is 9.64 Å². The molecule has 7 heteroatoms. The van der Waals surface area contributed by atoms with Gasteiger partial charge < -0.3 is 14.6 Å². The molecule has 4 nitrogen and oxygen atoms in total. The summed E-state index contributed by atoms with van der Waals surface area (Å²) in [5, 5.41) is 11.4. The predicted octanol–water partition coefficient (Wildman–Crippen LogP) is 3.68. The fourth-order valence-corrected chi connectivity index (χ4v) is 4.45. The van der Waals surface area contributed by atoms with Crippen LogP contribution in [0.15, 0.2) is 48.5 Å². The lowest BCUT2D eigenvalue weighted by Gasteiger charge is -2.52. The molecule has 1 N–H and O–H groups in total. The second kappa shape index (κ2) is 7.73. The third-order valence-corrected chi connectivity index (χ3v) is 5.57. The smallest absolute Gasteiger partial charge is 0.387 e. The van der Waals surface area contributed by atoms with E-state index in [0.717, 1.165) is 11.6 Å². The SMILES string of the molecule is OC1(c2c(F)cccc2OC(F)F)CC2COCC(C1)N2Cc1ccccc1. The Morgan fingerprint density at radius 2 is 1.75 bits per heavy atom. The molecular weight excluding hydrogens is 371 g/mol. The van der Waals surface area contributed by atoms with Crippen LogP contribution in [-0.2, 0) is 16.9 Å². The number of aliphatic hydroxyl groups is 1. The van der Waals surface area contributed by atoms with Crippen molar-refractivity contribution in [1.29, 1.82) is 0 Å². The summed E-state index contributed by atoms with van der Waals surface area (Å²) < 4.78 is 50.4. The zero-order chi connectivity index (χ0) is 19.7. The highest BCUT2D eigenvalue weighted by molar-refractivity contribution is 5.40. The van der Waals surface area contributed by atoms with E-state index in [1.807, 2.05) is 30.3 Å². The third-order valence-electron chi connectivity index (χ3n) is 5.57. The van der Waals surface area contributed by atoms with E-state index >= 15 is 0 Å². The van der Waals surface area contributed by atoms with Gasteiger partial charge in [0.2, 0.25) is 0 Å². The van der Waals surface area contributed by atoms with Crippen LogP contribution in [0.5, 0.6) is 5.75 Å². The molecule has 0 aliphatic carbocycles. The van der Waals surface area contributed by atoms with Crippen molar-refractivity contribution in [1.82, 2.24) is 4.90 Å². The van der Waals surface area contributed by atoms with Crippen LogP contribution in [0.3, 0.4) is 0 Å². The fourth-order valence-electron chi connectivity index (χ4n) is 4.45. The number of benzene rings is 2. The largest absolute Gasteiger partial charge is 0.434 e. The Morgan fingerprint density at radius 1 is 1.07 bits per heavy atom. The number of hydrogen-bond acceptors (Lipinski definition) is 4. The zero-order valence-corrected chi connectivity index (χ0v) is 15.2. The van der Waals surface area contributed by atoms with Crippen molar-refractivity contribution in [2.45, 2.75) is 43.7 Å². The summed E-state index contributed by atoms with van der Waals surface area (Å²) in [5.74, 6) is -1.05. The van der Waals surface area contributed by atoms with Gasteiger partial charge >= 0.3 is 6.61 Å². The number of alkyl halides is 2. The Balaban J connectivity index is 1.63. The van der Waals surface area contributed by atoms with Gasteiger partial charge in [-0.1, -0.05) is 36.4 Å². The van der Waals surface area contributed by atoms with Crippen molar-refractivity contribution >= 4 is 0 Å². The van der Waals surface area contributed by atoms with Crippen LogP contribution in [0.25, 0.3) is 0 Å². The lowest BCUT2D eigenvalue weighted by molar-refractivity contribution is -0.152. The first kappa shape index (κ1) is 19.2. The molecule has 2 aliphatic heterocycles. The number of fused-ring (bicyclic) bond motifs is 2. The van der Waals surface area contributed by atoms with Crippen molar-refractivity contribution in [3.63, 3.8) is 0 Å². The maximum Gasteiger partial charge on any atom is 0.387 e. The van der Waals surface area contributed by atoms with Crippen LogP contribution in [0.1, 0.15) is 24.0 Å². The molecule has 0 saturated carbocycles. The highest BCUT2D eigenvalue weighted by atomic mass is 19.3. The Labute approximate surface area is 161 Å². The van der Waals surface area contributed by atoms with Crippen molar-refractivity contribution in [3.8, 4) is 5.75 Å². The lowest BCUT2D eigenvalue weighted by atomic mass is 9.76. The summed E-state index contributed by atoms with van der Waals surface area (Å²) in [5.41, 5.74) is -0.647. The number of nitrogens with zero attached hydrogens (tertiary/aromatic N) is 1.